The molecule has 1 saturated heterocycles. The van der Waals surface area contributed by atoms with Crippen LogP contribution in [-0.4, -0.2) is 60.0 Å². The molecule has 5 unspecified atom stereocenters. The maximum absolute atomic E-state index is 11.4. The lowest BCUT2D eigenvalue weighted by Gasteiger charge is -2.42. The second-order valence-electron chi connectivity index (χ2n) is 5.44. The van der Waals surface area contributed by atoms with Crippen LogP contribution in [-0.2, 0) is 38.1 Å². The lowest BCUT2D eigenvalue weighted by molar-refractivity contribution is -0.223. The average Bonchev–Trinajstić information content (AvgIpc) is 2.48. The highest BCUT2D eigenvalue weighted by atomic mass is 16.6. The van der Waals surface area contributed by atoms with E-state index in [0.717, 1.165) is 20.8 Å². The standard InChI is InChI=1S/C15H19NO9/c1-7(17)22-6-12-10(4-13(20)21)14(23-8(2)18)15(24-9(3)19)11(5-16)25-12/h10-12,14-15H,4,6H2,1-3H3,(H,20,21). The highest BCUT2D eigenvalue weighted by Crippen LogP contribution is 2.33. The Labute approximate surface area is 143 Å². The van der Waals surface area contributed by atoms with Crippen LogP contribution in [0.3, 0.4) is 0 Å². The minimum atomic E-state index is -1.32. The van der Waals surface area contributed by atoms with E-state index in [1.807, 2.05) is 0 Å². The summed E-state index contributed by atoms with van der Waals surface area (Å²) < 4.78 is 20.5. The van der Waals surface area contributed by atoms with Crippen molar-refractivity contribution in [3.05, 3.63) is 0 Å². The Hall–Kier alpha value is -2.67. The van der Waals surface area contributed by atoms with E-state index in [0.29, 0.717) is 0 Å². The molecule has 0 aromatic rings. The number of aliphatic carboxylic acids is 1. The van der Waals surface area contributed by atoms with Gasteiger partial charge < -0.3 is 24.1 Å². The van der Waals surface area contributed by atoms with Crippen LogP contribution in [0.5, 0.6) is 0 Å². The van der Waals surface area contributed by atoms with Crippen LogP contribution in [0.4, 0.5) is 0 Å². The molecule has 0 amide bonds. The van der Waals surface area contributed by atoms with E-state index >= 15 is 0 Å². The van der Waals surface area contributed by atoms with Crippen LogP contribution in [0, 0.1) is 17.2 Å². The zero-order valence-corrected chi connectivity index (χ0v) is 14.0. The second kappa shape index (κ2) is 8.98. The summed E-state index contributed by atoms with van der Waals surface area (Å²) in [6.07, 6.45) is -5.40. The van der Waals surface area contributed by atoms with Gasteiger partial charge in [0.25, 0.3) is 0 Å². The Morgan fingerprint density at radius 1 is 1.04 bits per heavy atom. The molecule has 25 heavy (non-hydrogen) atoms. The van der Waals surface area contributed by atoms with Crippen molar-refractivity contribution >= 4 is 23.9 Å². The largest absolute Gasteiger partial charge is 0.481 e. The summed E-state index contributed by atoms with van der Waals surface area (Å²) in [4.78, 5) is 44.9. The van der Waals surface area contributed by atoms with Gasteiger partial charge in [-0.05, 0) is 0 Å². The van der Waals surface area contributed by atoms with Gasteiger partial charge in [0, 0.05) is 26.7 Å². The molecule has 1 rings (SSSR count). The van der Waals surface area contributed by atoms with Gasteiger partial charge in [0.2, 0.25) is 0 Å². The van der Waals surface area contributed by atoms with Crippen LogP contribution in [0.15, 0.2) is 0 Å². The SMILES string of the molecule is CC(=O)OCC1OC(C#N)C(OC(C)=O)C(OC(C)=O)C1CC(=O)O. The number of esters is 3. The predicted molar refractivity (Wildman–Crippen MR) is 77.8 cm³/mol. The molecule has 1 aliphatic rings. The quantitative estimate of drug-likeness (QED) is 0.500. The second-order valence-corrected chi connectivity index (χ2v) is 5.44. The number of carboxylic acids is 1. The zero-order valence-electron chi connectivity index (χ0n) is 14.0. The van der Waals surface area contributed by atoms with E-state index in [-0.39, 0.29) is 6.61 Å². The minimum Gasteiger partial charge on any atom is -0.481 e. The molecule has 0 saturated carbocycles. The molecule has 5 atom stereocenters. The first-order valence-electron chi connectivity index (χ1n) is 7.40. The van der Waals surface area contributed by atoms with Crippen molar-refractivity contribution in [1.29, 1.82) is 5.26 Å². The molecule has 138 valence electrons. The molecule has 0 spiro atoms. The van der Waals surface area contributed by atoms with Crippen molar-refractivity contribution in [2.75, 3.05) is 6.61 Å². The minimum absolute atomic E-state index is 0.337. The first-order valence-corrected chi connectivity index (χ1v) is 7.40. The van der Waals surface area contributed by atoms with E-state index in [4.69, 9.17) is 24.1 Å². The van der Waals surface area contributed by atoms with Gasteiger partial charge in [-0.3, -0.25) is 19.2 Å². The van der Waals surface area contributed by atoms with Crippen molar-refractivity contribution in [3.63, 3.8) is 0 Å². The van der Waals surface area contributed by atoms with Gasteiger partial charge in [-0.15, -0.1) is 0 Å². The lowest BCUT2D eigenvalue weighted by Crippen LogP contribution is -2.58. The number of hydrogen-bond acceptors (Lipinski definition) is 9. The molecule has 0 radical (unpaired) electrons. The Morgan fingerprint density at radius 3 is 2.04 bits per heavy atom. The topological polar surface area (TPSA) is 149 Å². The molecule has 1 heterocycles. The molecular formula is C15H19NO9. The molecule has 10 heteroatoms. The summed E-state index contributed by atoms with van der Waals surface area (Å²) in [5, 5.41) is 18.4. The Kier molecular flexibility index (Phi) is 7.32. The molecule has 10 nitrogen and oxygen atoms in total. The number of carboxylic acid groups (broad SMARTS) is 1. The van der Waals surface area contributed by atoms with Gasteiger partial charge in [-0.25, -0.2) is 0 Å². The first kappa shape index (κ1) is 20.4. The van der Waals surface area contributed by atoms with E-state index < -0.39 is 60.6 Å². The third kappa shape index (κ3) is 6.04. The van der Waals surface area contributed by atoms with E-state index in [2.05, 4.69) is 0 Å². The van der Waals surface area contributed by atoms with Gasteiger partial charge in [0.1, 0.15) is 18.8 Å². The predicted octanol–water partition coefficient (Wildman–Crippen LogP) is -0.205. The Balaban J connectivity index is 3.21. The van der Waals surface area contributed by atoms with Crippen LogP contribution >= 0.6 is 0 Å². The molecule has 1 aliphatic heterocycles. The summed E-state index contributed by atoms with van der Waals surface area (Å²) in [6, 6.07) is 1.78. The van der Waals surface area contributed by atoms with Crippen LogP contribution in [0.2, 0.25) is 0 Å². The summed E-state index contributed by atoms with van der Waals surface area (Å²) in [5.74, 6) is -4.34. The van der Waals surface area contributed by atoms with E-state index in [9.17, 15) is 24.4 Å². The third-order valence-corrected chi connectivity index (χ3v) is 3.44. The fourth-order valence-corrected chi connectivity index (χ4v) is 2.58. The van der Waals surface area contributed by atoms with Crippen molar-refractivity contribution in [2.24, 2.45) is 5.92 Å². The fraction of sp³-hybridized carbons (Fsp3) is 0.667. The number of nitriles is 1. The van der Waals surface area contributed by atoms with Gasteiger partial charge >= 0.3 is 23.9 Å². The van der Waals surface area contributed by atoms with Crippen LogP contribution in [0.1, 0.15) is 27.2 Å². The molecule has 1 fully saturated rings. The van der Waals surface area contributed by atoms with E-state index in [1.54, 1.807) is 6.07 Å². The molecule has 0 aliphatic carbocycles. The normalized spacial score (nSPS) is 28.3. The molecule has 0 bridgehead atoms. The summed E-state index contributed by atoms with van der Waals surface area (Å²) in [5.41, 5.74) is 0. The van der Waals surface area contributed by atoms with Crippen molar-refractivity contribution in [2.45, 2.75) is 51.6 Å². The monoisotopic (exact) mass is 357 g/mol. The lowest BCUT2D eigenvalue weighted by atomic mass is 9.84. The number of hydrogen-bond donors (Lipinski definition) is 1. The van der Waals surface area contributed by atoms with Crippen LogP contribution < -0.4 is 0 Å². The number of carbonyl (C=O) groups is 4. The average molecular weight is 357 g/mol. The van der Waals surface area contributed by atoms with Crippen LogP contribution in [0.25, 0.3) is 0 Å². The van der Waals surface area contributed by atoms with Gasteiger partial charge in [-0.2, -0.15) is 5.26 Å². The fourth-order valence-electron chi connectivity index (χ4n) is 2.58. The molecule has 1 N–H and O–H groups in total. The van der Waals surface area contributed by atoms with Crippen molar-refractivity contribution in [1.82, 2.24) is 0 Å². The smallest absolute Gasteiger partial charge is 0.303 e. The van der Waals surface area contributed by atoms with Crippen molar-refractivity contribution < 1.29 is 43.2 Å². The molecule has 0 aromatic heterocycles. The Morgan fingerprint density at radius 2 is 1.60 bits per heavy atom. The Bertz CT molecular complexity index is 582. The van der Waals surface area contributed by atoms with Gasteiger partial charge in [0.15, 0.2) is 12.2 Å². The van der Waals surface area contributed by atoms with E-state index in [1.165, 1.54) is 0 Å². The molecule has 0 aromatic carbocycles. The highest BCUT2D eigenvalue weighted by molar-refractivity contribution is 5.69. The number of rotatable bonds is 6. The first-order chi connectivity index (χ1) is 11.6. The summed E-state index contributed by atoms with van der Waals surface area (Å²) in [6.45, 7) is 3.01. The third-order valence-electron chi connectivity index (χ3n) is 3.44. The highest BCUT2D eigenvalue weighted by Gasteiger charge is 2.50. The van der Waals surface area contributed by atoms with Gasteiger partial charge in [-0.1, -0.05) is 0 Å². The maximum Gasteiger partial charge on any atom is 0.303 e. The number of nitrogens with zero attached hydrogens (tertiary/aromatic N) is 1. The maximum atomic E-state index is 11.4. The molecular weight excluding hydrogens is 338 g/mol. The van der Waals surface area contributed by atoms with Gasteiger partial charge in [0.05, 0.1) is 12.5 Å². The van der Waals surface area contributed by atoms with Crippen molar-refractivity contribution in [3.8, 4) is 6.07 Å². The summed E-state index contributed by atoms with van der Waals surface area (Å²) >= 11 is 0. The number of ether oxygens (including phenoxy) is 4. The summed E-state index contributed by atoms with van der Waals surface area (Å²) in [7, 11) is 0. The zero-order chi connectivity index (χ0) is 19.1. The number of carbonyl (C=O) groups excluding carboxylic acids is 3.